The van der Waals surface area contributed by atoms with Crippen LogP contribution in [0.4, 0.5) is 18.9 Å². The van der Waals surface area contributed by atoms with Crippen molar-refractivity contribution in [3.8, 4) is 11.5 Å². The Balaban J connectivity index is 1.91. The Morgan fingerprint density at radius 2 is 1.79 bits per heavy atom. The number of hydrazine groups is 1. The van der Waals surface area contributed by atoms with Crippen LogP contribution >= 0.6 is 0 Å². The van der Waals surface area contributed by atoms with Crippen molar-refractivity contribution < 1.29 is 40.6 Å². The molecule has 0 aromatic heterocycles. The summed E-state index contributed by atoms with van der Waals surface area (Å²) in [7, 11) is -1.42. The SMILES string of the molecule is COc1cc(S(=O)(=O)N2CCOCC2)cc(C(=O)NNc2cccc(C(F)(F)F)c2)c1OC. The molecule has 2 N–H and O–H groups in total. The van der Waals surface area contributed by atoms with Gasteiger partial charge in [-0.25, -0.2) is 8.42 Å². The third-order valence-corrected chi connectivity index (χ3v) is 6.69. The van der Waals surface area contributed by atoms with Gasteiger partial charge >= 0.3 is 6.18 Å². The standard InChI is InChI=1S/C20H22F3N3O6S/c1-30-17-12-15(33(28,29)26-6-8-32-9-7-26)11-16(18(17)31-2)19(27)25-24-14-5-3-4-13(10-14)20(21,22)23/h3-5,10-12,24H,6-9H2,1-2H3,(H,25,27). The second kappa shape index (κ2) is 9.85. The number of methoxy groups -OCH3 is 2. The fourth-order valence-electron chi connectivity index (χ4n) is 3.16. The van der Waals surface area contributed by atoms with Gasteiger partial charge in [0, 0.05) is 19.2 Å². The zero-order valence-electron chi connectivity index (χ0n) is 17.7. The number of amides is 1. The molecule has 2 aromatic carbocycles. The van der Waals surface area contributed by atoms with E-state index in [4.69, 9.17) is 14.2 Å². The van der Waals surface area contributed by atoms with Gasteiger partial charge < -0.3 is 14.2 Å². The first-order valence-electron chi connectivity index (χ1n) is 9.65. The highest BCUT2D eigenvalue weighted by Crippen LogP contribution is 2.35. The molecule has 2 aromatic rings. The Labute approximate surface area is 188 Å². The summed E-state index contributed by atoms with van der Waals surface area (Å²) >= 11 is 0. The van der Waals surface area contributed by atoms with Gasteiger partial charge in [-0.3, -0.25) is 15.6 Å². The zero-order chi connectivity index (χ0) is 24.2. The lowest BCUT2D eigenvalue weighted by Crippen LogP contribution is -2.40. The second-order valence-electron chi connectivity index (χ2n) is 6.88. The highest BCUT2D eigenvalue weighted by Gasteiger charge is 2.31. The fourth-order valence-corrected chi connectivity index (χ4v) is 4.61. The molecule has 1 fully saturated rings. The van der Waals surface area contributed by atoms with Crippen LogP contribution in [0.1, 0.15) is 15.9 Å². The average molecular weight is 489 g/mol. The minimum Gasteiger partial charge on any atom is -0.493 e. The molecule has 1 amide bonds. The van der Waals surface area contributed by atoms with E-state index in [1.807, 2.05) is 0 Å². The molecule has 0 unspecified atom stereocenters. The lowest BCUT2D eigenvalue weighted by Gasteiger charge is -2.26. The van der Waals surface area contributed by atoms with Crippen LogP contribution in [-0.4, -0.2) is 59.2 Å². The molecule has 0 aliphatic carbocycles. The van der Waals surface area contributed by atoms with Crippen molar-refractivity contribution in [3.63, 3.8) is 0 Å². The quantitative estimate of drug-likeness (QED) is 0.576. The number of hydrogen-bond donors (Lipinski definition) is 2. The molecule has 13 heteroatoms. The molecule has 9 nitrogen and oxygen atoms in total. The number of nitrogens with zero attached hydrogens (tertiary/aromatic N) is 1. The van der Waals surface area contributed by atoms with Crippen molar-refractivity contribution in [2.45, 2.75) is 11.1 Å². The molecule has 1 aliphatic heterocycles. The van der Waals surface area contributed by atoms with E-state index in [0.717, 1.165) is 18.2 Å². The Hall–Kier alpha value is -3.03. The summed E-state index contributed by atoms with van der Waals surface area (Å²) in [5.74, 6) is -0.889. The largest absolute Gasteiger partial charge is 0.493 e. The Bertz CT molecular complexity index is 1120. The maximum Gasteiger partial charge on any atom is 0.416 e. The lowest BCUT2D eigenvalue weighted by molar-refractivity contribution is -0.137. The van der Waals surface area contributed by atoms with Crippen LogP contribution in [-0.2, 0) is 20.9 Å². The molecule has 0 bridgehead atoms. The third kappa shape index (κ3) is 5.49. The first-order valence-corrected chi connectivity index (χ1v) is 11.1. The van der Waals surface area contributed by atoms with Gasteiger partial charge in [-0.05, 0) is 24.3 Å². The maximum absolute atomic E-state index is 13.1. The third-order valence-electron chi connectivity index (χ3n) is 4.82. The van der Waals surface area contributed by atoms with Gasteiger partial charge in [0.15, 0.2) is 11.5 Å². The van der Waals surface area contributed by atoms with Crippen LogP contribution in [0.15, 0.2) is 41.3 Å². The number of morpholine rings is 1. The fraction of sp³-hybridized carbons (Fsp3) is 0.350. The van der Waals surface area contributed by atoms with Crippen LogP contribution in [0, 0.1) is 0 Å². The number of sulfonamides is 1. The molecule has 0 atom stereocenters. The van der Waals surface area contributed by atoms with E-state index in [9.17, 15) is 26.4 Å². The number of benzene rings is 2. The minimum absolute atomic E-state index is 0.00365. The first kappa shape index (κ1) is 24.6. The number of ether oxygens (including phenoxy) is 3. The number of alkyl halides is 3. The highest BCUT2D eigenvalue weighted by molar-refractivity contribution is 7.89. The van der Waals surface area contributed by atoms with Gasteiger partial charge in [0.05, 0.1) is 49.1 Å². The summed E-state index contributed by atoms with van der Waals surface area (Å²) in [5, 5.41) is 0. The van der Waals surface area contributed by atoms with Crippen LogP contribution < -0.4 is 20.3 Å². The van der Waals surface area contributed by atoms with Crippen LogP contribution in [0.5, 0.6) is 11.5 Å². The maximum atomic E-state index is 13.1. The number of anilines is 1. The van der Waals surface area contributed by atoms with Gasteiger partial charge in [0.1, 0.15) is 0 Å². The number of rotatable bonds is 7. The normalized spacial score (nSPS) is 15.1. The molecule has 180 valence electrons. The summed E-state index contributed by atoms with van der Waals surface area (Å²) in [6.45, 7) is 0.770. The molecule has 0 radical (unpaired) electrons. The number of carbonyl (C=O) groups excluding carboxylic acids is 1. The molecule has 0 spiro atoms. The van der Waals surface area contributed by atoms with Gasteiger partial charge in [-0.1, -0.05) is 6.07 Å². The summed E-state index contributed by atoms with van der Waals surface area (Å²) in [5.41, 5.74) is 3.53. The van der Waals surface area contributed by atoms with Crippen molar-refractivity contribution in [2.24, 2.45) is 0 Å². The van der Waals surface area contributed by atoms with Crippen molar-refractivity contribution in [1.82, 2.24) is 9.73 Å². The second-order valence-corrected chi connectivity index (χ2v) is 8.82. The Kier molecular flexibility index (Phi) is 7.34. The average Bonchev–Trinajstić information content (AvgIpc) is 2.81. The molecular formula is C20H22F3N3O6S. The number of nitrogens with one attached hydrogen (secondary N) is 2. The van der Waals surface area contributed by atoms with Gasteiger partial charge in [-0.2, -0.15) is 17.5 Å². The molecule has 3 rings (SSSR count). The van der Waals surface area contributed by atoms with E-state index in [2.05, 4.69) is 10.9 Å². The van der Waals surface area contributed by atoms with E-state index in [0.29, 0.717) is 0 Å². The van der Waals surface area contributed by atoms with E-state index < -0.39 is 27.7 Å². The number of carbonyl (C=O) groups is 1. The van der Waals surface area contributed by atoms with Crippen LogP contribution in [0.2, 0.25) is 0 Å². The molecule has 33 heavy (non-hydrogen) atoms. The van der Waals surface area contributed by atoms with Crippen molar-refractivity contribution in [2.75, 3.05) is 45.9 Å². The Morgan fingerprint density at radius 1 is 1.09 bits per heavy atom. The predicted octanol–water partition coefficient (Wildman–Crippen LogP) is 2.50. The molecule has 0 saturated carbocycles. The molecule has 1 heterocycles. The minimum atomic E-state index is -4.56. The van der Waals surface area contributed by atoms with Crippen molar-refractivity contribution >= 4 is 21.6 Å². The van der Waals surface area contributed by atoms with E-state index >= 15 is 0 Å². The van der Waals surface area contributed by atoms with Crippen molar-refractivity contribution in [1.29, 1.82) is 0 Å². The summed E-state index contributed by atoms with van der Waals surface area (Å²) < 4.78 is 81.7. The number of hydrogen-bond acceptors (Lipinski definition) is 7. The zero-order valence-corrected chi connectivity index (χ0v) is 18.5. The lowest BCUT2D eigenvalue weighted by atomic mass is 10.1. The van der Waals surface area contributed by atoms with Gasteiger partial charge in [0.25, 0.3) is 5.91 Å². The predicted molar refractivity (Wildman–Crippen MR) is 112 cm³/mol. The topological polar surface area (TPSA) is 106 Å². The molecular weight excluding hydrogens is 467 g/mol. The van der Waals surface area contributed by atoms with Gasteiger partial charge in [0.2, 0.25) is 10.0 Å². The van der Waals surface area contributed by atoms with Crippen molar-refractivity contribution in [3.05, 3.63) is 47.5 Å². The molecule has 1 saturated heterocycles. The smallest absolute Gasteiger partial charge is 0.416 e. The van der Waals surface area contributed by atoms with Crippen LogP contribution in [0.25, 0.3) is 0 Å². The first-order chi connectivity index (χ1) is 15.6. The van der Waals surface area contributed by atoms with E-state index in [-0.39, 0.29) is 53.9 Å². The van der Waals surface area contributed by atoms with E-state index in [1.54, 1.807) is 0 Å². The van der Waals surface area contributed by atoms with Gasteiger partial charge in [-0.15, -0.1) is 0 Å². The molecule has 1 aliphatic rings. The Morgan fingerprint density at radius 3 is 2.39 bits per heavy atom. The summed E-state index contributed by atoms with van der Waals surface area (Å²) in [4.78, 5) is 12.6. The van der Waals surface area contributed by atoms with E-state index in [1.165, 1.54) is 36.7 Å². The summed E-state index contributed by atoms with van der Waals surface area (Å²) in [6, 6.07) is 6.57. The number of halogens is 3. The summed E-state index contributed by atoms with van der Waals surface area (Å²) in [6.07, 6.45) is -4.56. The monoisotopic (exact) mass is 489 g/mol. The highest BCUT2D eigenvalue weighted by atomic mass is 32.2. The van der Waals surface area contributed by atoms with Crippen LogP contribution in [0.3, 0.4) is 0 Å².